The normalized spacial score (nSPS) is 11.5. The number of aliphatic carboxylic acids is 1. The molecule has 0 aromatic heterocycles. The number of nitrogens with one attached hydrogen (secondary N) is 2. The van der Waals surface area contributed by atoms with E-state index in [0.717, 1.165) is 5.56 Å². The molecule has 6 nitrogen and oxygen atoms in total. The minimum atomic E-state index is -1.12. The second-order valence-electron chi connectivity index (χ2n) is 5.07. The van der Waals surface area contributed by atoms with Crippen molar-refractivity contribution in [3.05, 3.63) is 65.7 Å². The molecular formula is C17H18N2O4. The Balaban J connectivity index is 1.89. The van der Waals surface area contributed by atoms with Crippen LogP contribution < -0.4 is 10.6 Å². The SMILES string of the molecule is O=C(NCc1ccccc1)NC(Cc1ccc(O)cc1)C(=O)O. The van der Waals surface area contributed by atoms with Crippen LogP contribution in [0.3, 0.4) is 0 Å². The van der Waals surface area contributed by atoms with E-state index in [1.807, 2.05) is 30.3 Å². The molecule has 23 heavy (non-hydrogen) atoms. The summed E-state index contributed by atoms with van der Waals surface area (Å²) >= 11 is 0. The zero-order valence-electron chi connectivity index (χ0n) is 12.4. The minimum Gasteiger partial charge on any atom is -0.508 e. The van der Waals surface area contributed by atoms with E-state index in [-0.39, 0.29) is 12.2 Å². The number of amides is 2. The summed E-state index contributed by atoms with van der Waals surface area (Å²) in [5.74, 6) is -1.01. The molecule has 0 heterocycles. The number of benzene rings is 2. The number of phenolic OH excluding ortho intramolecular Hbond substituents is 1. The number of carbonyl (C=O) groups excluding carboxylic acids is 1. The number of hydrogen-bond donors (Lipinski definition) is 4. The fraction of sp³-hybridized carbons (Fsp3) is 0.176. The minimum absolute atomic E-state index is 0.106. The first-order valence-electron chi connectivity index (χ1n) is 7.13. The fourth-order valence-electron chi connectivity index (χ4n) is 2.06. The summed E-state index contributed by atoms with van der Waals surface area (Å²) in [4.78, 5) is 23.1. The standard InChI is InChI=1S/C17H18N2O4/c20-14-8-6-12(7-9-14)10-15(16(21)22)19-17(23)18-11-13-4-2-1-3-5-13/h1-9,15,20H,10-11H2,(H,21,22)(H2,18,19,23). The molecule has 2 aromatic rings. The van der Waals surface area contributed by atoms with Gasteiger partial charge in [-0.15, -0.1) is 0 Å². The lowest BCUT2D eigenvalue weighted by Crippen LogP contribution is -2.46. The molecule has 2 amide bonds. The van der Waals surface area contributed by atoms with Crippen LogP contribution in [0.1, 0.15) is 11.1 Å². The van der Waals surface area contributed by atoms with E-state index in [1.54, 1.807) is 12.1 Å². The Morgan fingerprint density at radius 1 is 0.957 bits per heavy atom. The maximum absolute atomic E-state index is 11.9. The van der Waals surface area contributed by atoms with Gasteiger partial charge >= 0.3 is 12.0 Å². The van der Waals surface area contributed by atoms with E-state index < -0.39 is 18.0 Å². The Labute approximate surface area is 133 Å². The molecule has 0 aliphatic heterocycles. The summed E-state index contributed by atoms with van der Waals surface area (Å²) in [7, 11) is 0. The second-order valence-corrected chi connectivity index (χ2v) is 5.07. The maximum atomic E-state index is 11.9. The van der Waals surface area contributed by atoms with Gasteiger partial charge in [0.15, 0.2) is 0 Å². The Morgan fingerprint density at radius 2 is 1.61 bits per heavy atom. The van der Waals surface area contributed by atoms with Gasteiger partial charge in [-0.2, -0.15) is 0 Å². The number of carboxylic acid groups (broad SMARTS) is 1. The Kier molecular flexibility index (Phi) is 5.57. The molecule has 0 aliphatic carbocycles. The highest BCUT2D eigenvalue weighted by Crippen LogP contribution is 2.11. The molecular weight excluding hydrogens is 296 g/mol. The molecule has 0 bridgehead atoms. The summed E-state index contributed by atoms with van der Waals surface area (Å²) in [6.45, 7) is 0.318. The van der Waals surface area contributed by atoms with Crippen LogP contribution in [-0.2, 0) is 17.8 Å². The van der Waals surface area contributed by atoms with Gasteiger partial charge in [0.1, 0.15) is 11.8 Å². The van der Waals surface area contributed by atoms with Crippen LogP contribution in [0.2, 0.25) is 0 Å². The molecule has 0 aliphatic rings. The maximum Gasteiger partial charge on any atom is 0.326 e. The van der Waals surface area contributed by atoms with Crippen molar-refractivity contribution in [2.75, 3.05) is 0 Å². The molecule has 0 fully saturated rings. The summed E-state index contributed by atoms with van der Waals surface area (Å²) in [5, 5.41) is 23.5. The lowest BCUT2D eigenvalue weighted by molar-refractivity contribution is -0.139. The van der Waals surface area contributed by atoms with Crippen molar-refractivity contribution >= 4 is 12.0 Å². The third kappa shape index (κ3) is 5.35. The first-order valence-corrected chi connectivity index (χ1v) is 7.13. The number of phenols is 1. The van der Waals surface area contributed by atoms with Crippen molar-refractivity contribution in [3.8, 4) is 5.75 Å². The average Bonchev–Trinajstić information content (AvgIpc) is 2.55. The van der Waals surface area contributed by atoms with Gasteiger partial charge in [-0.3, -0.25) is 0 Å². The van der Waals surface area contributed by atoms with Crippen molar-refractivity contribution in [1.29, 1.82) is 0 Å². The van der Waals surface area contributed by atoms with Gasteiger partial charge in [0.05, 0.1) is 0 Å². The molecule has 1 unspecified atom stereocenters. The summed E-state index contributed by atoms with van der Waals surface area (Å²) in [6, 6.07) is 13.9. The zero-order valence-corrected chi connectivity index (χ0v) is 12.4. The van der Waals surface area contributed by atoms with Crippen LogP contribution >= 0.6 is 0 Å². The molecule has 0 saturated carbocycles. The van der Waals surface area contributed by atoms with Crippen molar-refractivity contribution in [1.82, 2.24) is 10.6 Å². The van der Waals surface area contributed by atoms with Gasteiger partial charge in [-0.05, 0) is 23.3 Å². The third-order valence-electron chi connectivity index (χ3n) is 3.28. The van der Waals surface area contributed by atoms with Crippen LogP contribution in [0.4, 0.5) is 4.79 Å². The lowest BCUT2D eigenvalue weighted by Gasteiger charge is -2.15. The quantitative estimate of drug-likeness (QED) is 0.654. The number of urea groups is 1. The lowest BCUT2D eigenvalue weighted by atomic mass is 10.1. The number of hydrogen-bond acceptors (Lipinski definition) is 3. The Morgan fingerprint density at radius 3 is 2.22 bits per heavy atom. The first-order chi connectivity index (χ1) is 11.0. The van der Waals surface area contributed by atoms with Gasteiger partial charge in [0.25, 0.3) is 0 Å². The summed E-state index contributed by atoms with van der Waals surface area (Å²) < 4.78 is 0. The van der Waals surface area contributed by atoms with Gasteiger partial charge in [-0.1, -0.05) is 42.5 Å². The molecule has 0 saturated heterocycles. The van der Waals surface area contributed by atoms with Crippen molar-refractivity contribution in [3.63, 3.8) is 0 Å². The predicted molar refractivity (Wildman–Crippen MR) is 85.0 cm³/mol. The van der Waals surface area contributed by atoms with Gasteiger partial charge < -0.3 is 20.8 Å². The summed E-state index contributed by atoms with van der Waals surface area (Å²) in [6.07, 6.45) is 0.133. The molecule has 0 radical (unpaired) electrons. The molecule has 0 spiro atoms. The van der Waals surface area contributed by atoms with E-state index in [1.165, 1.54) is 12.1 Å². The van der Waals surface area contributed by atoms with E-state index in [9.17, 15) is 19.8 Å². The molecule has 2 rings (SSSR count). The van der Waals surface area contributed by atoms with Crippen LogP contribution in [0, 0.1) is 0 Å². The zero-order chi connectivity index (χ0) is 16.7. The van der Waals surface area contributed by atoms with Gasteiger partial charge in [0, 0.05) is 13.0 Å². The van der Waals surface area contributed by atoms with Crippen LogP contribution in [0.5, 0.6) is 5.75 Å². The highest BCUT2D eigenvalue weighted by molar-refractivity contribution is 5.82. The fourth-order valence-corrected chi connectivity index (χ4v) is 2.06. The second kappa shape index (κ2) is 7.84. The predicted octanol–water partition coefficient (Wildman–Crippen LogP) is 1.89. The molecule has 2 aromatic carbocycles. The number of rotatable bonds is 6. The highest BCUT2D eigenvalue weighted by atomic mass is 16.4. The molecule has 6 heteroatoms. The van der Waals surface area contributed by atoms with E-state index in [4.69, 9.17) is 0 Å². The van der Waals surface area contributed by atoms with E-state index in [2.05, 4.69) is 10.6 Å². The first kappa shape index (κ1) is 16.4. The van der Waals surface area contributed by atoms with E-state index in [0.29, 0.717) is 12.1 Å². The average molecular weight is 314 g/mol. The Bertz CT molecular complexity index is 656. The molecule has 4 N–H and O–H groups in total. The van der Waals surface area contributed by atoms with Crippen molar-refractivity contribution < 1.29 is 19.8 Å². The number of carboxylic acids is 1. The van der Waals surface area contributed by atoms with Crippen LogP contribution in [0.25, 0.3) is 0 Å². The molecule has 1 atom stereocenters. The number of aromatic hydroxyl groups is 1. The topological polar surface area (TPSA) is 98.7 Å². The highest BCUT2D eigenvalue weighted by Gasteiger charge is 2.20. The van der Waals surface area contributed by atoms with Crippen LogP contribution in [-0.4, -0.2) is 28.3 Å². The van der Waals surface area contributed by atoms with Crippen LogP contribution in [0.15, 0.2) is 54.6 Å². The van der Waals surface area contributed by atoms with Crippen molar-refractivity contribution in [2.45, 2.75) is 19.0 Å². The van der Waals surface area contributed by atoms with Crippen molar-refractivity contribution in [2.24, 2.45) is 0 Å². The van der Waals surface area contributed by atoms with E-state index >= 15 is 0 Å². The smallest absolute Gasteiger partial charge is 0.326 e. The summed E-state index contributed by atoms with van der Waals surface area (Å²) in [5.41, 5.74) is 1.63. The monoisotopic (exact) mass is 314 g/mol. The Hall–Kier alpha value is -3.02. The van der Waals surface area contributed by atoms with Gasteiger partial charge in [-0.25, -0.2) is 9.59 Å². The number of carbonyl (C=O) groups is 2. The van der Waals surface area contributed by atoms with Gasteiger partial charge in [0.2, 0.25) is 0 Å². The largest absolute Gasteiger partial charge is 0.508 e. The third-order valence-corrected chi connectivity index (χ3v) is 3.28. The molecule has 120 valence electrons.